The third kappa shape index (κ3) is 3.36. The summed E-state index contributed by atoms with van der Waals surface area (Å²) in [6.07, 6.45) is 2.68. The van der Waals surface area contributed by atoms with E-state index in [1.54, 1.807) is 6.07 Å². The SMILES string of the molecule is COc1cc(CCCCN)cc(F)c1Cl. The quantitative estimate of drug-likeness (QED) is 0.791. The highest BCUT2D eigenvalue weighted by Crippen LogP contribution is 2.29. The normalized spacial score (nSPS) is 10.4. The summed E-state index contributed by atoms with van der Waals surface area (Å²) < 4.78 is 18.3. The Morgan fingerprint density at radius 2 is 2.13 bits per heavy atom. The van der Waals surface area contributed by atoms with Crippen LogP contribution in [0.3, 0.4) is 0 Å². The van der Waals surface area contributed by atoms with E-state index in [4.69, 9.17) is 22.1 Å². The maximum Gasteiger partial charge on any atom is 0.145 e. The summed E-state index contributed by atoms with van der Waals surface area (Å²) in [5, 5.41) is 0.0417. The van der Waals surface area contributed by atoms with E-state index in [2.05, 4.69) is 0 Å². The molecule has 1 rings (SSSR count). The molecule has 0 aromatic heterocycles. The number of unbranched alkanes of at least 4 members (excludes halogenated alkanes) is 1. The summed E-state index contributed by atoms with van der Waals surface area (Å²) in [7, 11) is 1.48. The van der Waals surface area contributed by atoms with E-state index in [1.807, 2.05) is 0 Å². The summed E-state index contributed by atoms with van der Waals surface area (Å²) in [5.41, 5.74) is 6.27. The van der Waals surface area contributed by atoms with Crippen LogP contribution in [-0.2, 0) is 6.42 Å². The van der Waals surface area contributed by atoms with Crippen molar-refractivity contribution in [2.24, 2.45) is 5.73 Å². The Hall–Kier alpha value is -0.800. The average molecular weight is 232 g/mol. The number of methoxy groups -OCH3 is 1. The zero-order valence-corrected chi connectivity index (χ0v) is 9.48. The molecular formula is C11H15ClFNO. The van der Waals surface area contributed by atoms with Crippen LogP contribution in [0.1, 0.15) is 18.4 Å². The molecular weight excluding hydrogens is 217 g/mol. The molecule has 15 heavy (non-hydrogen) atoms. The fourth-order valence-corrected chi connectivity index (χ4v) is 1.57. The molecule has 2 N–H and O–H groups in total. The first-order valence-electron chi connectivity index (χ1n) is 4.91. The molecule has 0 heterocycles. The lowest BCUT2D eigenvalue weighted by Gasteiger charge is -2.07. The smallest absolute Gasteiger partial charge is 0.145 e. The van der Waals surface area contributed by atoms with Gasteiger partial charge in [-0.25, -0.2) is 4.39 Å². The molecule has 0 fully saturated rings. The van der Waals surface area contributed by atoms with Crippen molar-refractivity contribution in [3.63, 3.8) is 0 Å². The first-order chi connectivity index (χ1) is 7.19. The van der Waals surface area contributed by atoms with E-state index in [9.17, 15) is 4.39 Å². The van der Waals surface area contributed by atoms with Crippen molar-refractivity contribution in [1.29, 1.82) is 0 Å². The number of aryl methyl sites for hydroxylation is 1. The summed E-state index contributed by atoms with van der Waals surface area (Å²) in [4.78, 5) is 0. The highest BCUT2D eigenvalue weighted by molar-refractivity contribution is 6.32. The first kappa shape index (κ1) is 12.3. The molecule has 0 saturated heterocycles. The number of hydrogen-bond donors (Lipinski definition) is 1. The van der Waals surface area contributed by atoms with E-state index in [-0.39, 0.29) is 5.02 Å². The van der Waals surface area contributed by atoms with Gasteiger partial charge in [0.15, 0.2) is 0 Å². The van der Waals surface area contributed by atoms with Gasteiger partial charge in [-0.3, -0.25) is 0 Å². The van der Waals surface area contributed by atoms with Crippen molar-refractivity contribution in [1.82, 2.24) is 0 Å². The molecule has 0 atom stereocenters. The number of hydrogen-bond acceptors (Lipinski definition) is 2. The minimum absolute atomic E-state index is 0.0417. The zero-order chi connectivity index (χ0) is 11.3. The molecule has 0 spiro atoms. The predicted octanol–water partition coefficient (Wildman–Crippen LogP) is 2.77. The van der Waals surface area contributed by atoms with Crippen LogP contribution in [-0.4, -0.2) is 13.7 Å². The molecule has 0 amide bonds. The predicted molar refractivity (Wildman–Crippen MR) is 60.0 cm³/mol. The largest absolute Gasteiger partial charge is 0.495 e. The van der Waals surface area contributed by atoms with Gasteiger partial charge >= 0.3 is 0 Å². The number of halogens is 2. The van der Waals surface area contributed by atoms with Crippen LogP contribution in [0.5, 0.6) is 5.75 Å². The van der Waals surface area contributed by atoms with Gasteiger partial charge in [-0.05, 0) is 43.5 Å². The van der Waals surface area contributed by atoms with Crippen LogP contribution in [0.15, 0.2) is 12.1 Å². The minimum Gasteiger partial charge on any atom is -0.495 e. The molecule has 2 nitrogen and oxygen atoms in total. The van der Waals surface area contributed by atoms with E-state index >= 15 is 0 Å². The average Bonchev–Trinajstić information content (AvgIpc) is 2.23. The summed E-state index contributed by atoms with van der Waals surface area (Å²) in [6, 6.07) is 3.21. The molecule has 4 heteroatoms. The van der Waals surface area contributed by atoms with E-state index in [0.717, 1.165) is 24.8 Å². The van der Waals surface area contributed by atoms with Gasteiger partial charge in [0.2, 0.25) is 0 Å². The molecule has 1 aromatic rings. The maximum absolute atomic E-state index is 13.3. The Morgan fingerprint density at radius 1 is 1.40 bits per heavy atom. The van der Waals surface area contributed by atoms with Crippen LogP contribution >= 0.6 is 11.6 Å². The fourth-order valence-electron chi connectivity index (χ4n) is 1.38. The Morgan fingerprint density at radius 3 is 2.73 bits per heavy atom. The van der Waals surface area contributed by atoms with Crippen LogP contribution < -0.4 is 10.5 Å². The summed E-state index contributed by atoms with van der Waals surface area (Å²) in [6.45, 7) is 0.660. The number of ether oxygens (including phenoxy) is 1. The highest BCUT2D eigenvalue weighted by atomic mass is 35.5. The van der Waals surface area contributed by atoms with E-state index in [0.29, 0.717) is 12.3 Å². The van der Waals surface area contributed by atoms with E-state index < -0.39 is 5.82 Å². The van der Waals surface area contributed by atoms with Crippen LogP contribution in [0.4, 0.5) is 4.39 Å². The van der Waals surface area contributed by atoms with Gasteiger partial charge in [0, 0.05) is 0 Å². The molecule has 0 aliphatic rings. The molecule has 0 radical (unpaired) electrons. The second-order valence-corrected chi connectivity index (χ2v) is 3.72. The molecule has 0 aliphatic heterocycles. The van der Waals surface area contributed by atoms with E-state index in [1.165, 1.54) is 13.2 Å². The van der Waals surface area contributed by atoms with Gasteiger partial charge in [-0.1, -0.05) is 11.6 Å². The molecule has 0 aliphatic carbocycles. The third-order valence-corrected chi connectivity index (χ3v) is 2.56. The number of rotatable bonds is 5. The Kier molecular flexibility index (Phi) is 4.85. The third-order valence-electron chi connectivity index (χ3n) is 2.19. The maximum atomic E-state index is 13.3. The van der Waals surface area contributed by atoms with Crippen molar-refractivity contribution >= 4 is 11.6 Å². The van der Waals surface area contributed by atoms with Gasteiger partial charge in [-0.2, -0.15) is 0 Å². The summed E-state index contributed by atoms with van der Waals surface area (Å²) >= 11 is 5.71. The lowest BCUT2D eigenvalue weighted by Crippen LogP contribution is -1.99. The van der Waals surface area contributed by atoms with Crippen molar-refractivity contribution < 1.29 is 9.13 Å². The first-order valence-corrected chi connectivity index (χ1v) is 5.28. The summed E-state index contributed by atoms with van der Waals surface area (Å²) in [5.74, 6) is -0.0434. The minimum atomic E-state index is -0.432. The molecule has 0 saturated carbocycles. The molecule has 0 bridgehead atoms. The van der Waals surface area contributed by atoms with Gasteiger partial charge in [0.25, 0.3) is 0 Å². The number of benzene rings is 1. The lowest BCUT2D eigenvalue weighted by atomic mass is 10.1. The van der Waals surface area contributed by atoms with Gasteiger partial charge < -0.3 is 10.5 Å². The standard InChI is InChI=1S/C11H15ClFNO/c1-15-10-7-8(4-2-3-5-14)6-9(13)11(10)12/h6-7H,2-5,14H2,1H3. The Labute approximate surface area is 94.2 Å². The van der Waals surface area contributed by atoms with Gasteiger partial charge in [0.05, 0.1) is 7.11 Å². The van der Waals surface area contributed by atoms with Crippen LogP contribution in [0.2, 0.25) is 5.02 Å². The monoisotopic (exact) mass is 231 g/mol. The zero-order valence-electron chi connectivity index (χ0n) is 8.72. The lowest BCUT2D eigenvalue weighted by molar-refractivity contribution is 0.411. The van der Waals surface area contributed by atoms with Crippen molar-refractivity contribution in [2.45, 2.75) is 19.3 Å². The second kappa shape index (κ2) is 5.93. The second-order valence-electron chi connectivity index (χ2n) is 3.34. The highest BCUT2D eigenvalue weighted by Gasteiger charge is 2.08. The number of nitrogens with two attached hydrogens (primary N) is 1. The Balaban J connectivity index is 2.77. The molecule has 1 aromatic carbocycles. The van der Waals surface area contributed by atoms with Crippen molar-refractivity contribution in [3.05, 3.63) is 28.5 Å². The molecule has 0 unspecified atom stereocenters. The van der Waals surface area contributed by atoms with Crippen LogP contribution in [0.25, 0.3) is 0 Å². The Bertz CT molecular complexity index is 331. The van der Waals surface area contributed by atoms with Crippen molar-refractivity contribution in [3.8, 4) is 5.75 Å². The molecule has 84 valence electrons. The van der Waals surface area contributed by atoms with Gasteiger partial charge in [-0.15, -0.1) is 0 Å². The fraction of sp³-hybridized carbons (Fsp3) is 0.455. The van der Waals surface area contributed by atoms with Crippen LogP contribution in [0, 0.1) is 5.82 Å². The van der Waals surface area contributed by atoms with Gasteiger partial charge in [0.1, 0.15) is 16.6 Å². The topological polar surface area (TPSA) is 35.2 Å². The van der Waals surface area contributed by atoms with Crippen molar-refractivity contribution in [2.75, 3.05) is 13.7 Å².